The summed E-state index contributed by atoms with van der Waals surface area (Å²) in [4.78, 5) is 70.6. The Kier molecular flexibility index (Phi) is 13.0. The maximum absolute atomic E-state index is 13.6. The summed E-state index contributed by atoms with van der Waals surface area (Å²) in [5.41, 5.74) is 4.27. The summed E-state index contributed by atoms with van der Waals surface area (Å²) in [7, 11) is 4.24. The molecular weight excluding hydrogens is 708 g/mol. The van der Waals surface area contributed by atoms with Gasteiger partial charge >= 0.3 is 12.2 Å². The molecule has 5 N–H and O–H groups in total. The molecule has 4 heterocycles. The maximum atomic E-state index is 13.6. The van der Waals surface area contributed by atoms with Gasteiger partial charge < -0.3 is 49.7 Å². The van der Waals surface area contributed by atoms with Gasteiger partial charge in [-0.2, -0.15) is 0 Å². The third-order valence-corrected chi connectivity index (χ3v) is 12.1. The molecular formula is C39H56N8O8. The lowest BCUT2D eigenvalue weighted by Crippen LogP contribution is -2.54. The van der Waals surface area contributed by atoms with E-state index >= 15 is 0 Å². The fraction of sp³-hybridized carbons (Fsp3) is 0.641. The van der Waals surface area contributed by atoms with Crippen LogP contribution in [0.15, 0.2) is 24.5 Å². The molecule has 4 amide bonds. The molecule has 2 saturated heterocycles. The van der Waals surface area contributed by atoms with Gasteiger partial charge in [-0.1, -0.05) is 12.2 Å². The van der Waals surface area contributed by atoms with E-state index in [0.29, 0.717) is 24.9 Å². The third-order valence-electron chi connectivity index (χ3n) is 12.1. The number of nitrogens with zero attached hydrogens (tertiary/aromatic N) is 4. The third kappa shape index (κ3) is 8.90. The van der Waals surface area contributed by atoms with Crippen molar-refractivity contribution >= 4 is 35.1 Å². The monoisotopic (exact) mass is 764 g/mol. The molecule has 2 aliphatic heterocycles. The van der Waals surface area contributed by atoms with Gasteiger partial charge in [0.15, 0.2) is 0 Å². The van der Waals surface area contributed by atoms with Crippen molar-refractivity contribution in [1.82, 2.24) is 40.4 Å². The first-order valence-corrected chi connectivity index (χ1v) is 19.5. The summed E-state index contributed by atoms with van der Waals surface area (Å²) in [5, 5.41) is 14.3. The highest BCUT2D eigenvalue weighted by Crippen LogP contribution is 2.42. The maximum Gasteiger partial charge on any atom is 0.407 e. The Morgan fingerprint density at radius 3 is 1.58 bits per heavy atom. The van der Waals surface area contributed by atoms with Crippen LogP contribution < -0.4 is 10.6 Å². The van der Waals surface area contributed by atoms with Crippen LogP contribution in [0.4, 0.5) is 9.59 Å². The Balaban J connectivity index is 1.04. The number of amides is 4. The Morgan fingerprint density at radius 2 is 1.20 bits per heavy atom. The quantitative estimate of drug-likeness (QED) is 0.186. The number of imidazole rings is 2. The zero-order valence-electron chi connectivity index (χ0n) is 32.5. The molecule has 0 bridgehead atoms. The van der Waals surface area contributed by atoms with Crippen LogP contribution in [0.1, 0.15) is 113 Å². The van der Waals surface area contributed by atoms with Crippen molar-refractivity contribution in [3.63, 3.8) is 0 Å². The summed E-state index contributed by atoms with van der Waals surface area (Å²) in [5.74, 6) is 2.12. The summed E-state index contributed by atoms with van der Waals surface area (Å²) >= 11 is 0. The number of aromatic nitrogens is 4. The smallest absolute Gasteiger partial charge is 0.407 e. The predicted molar refractivity (Wildman–Crippen MR) is 202 cm³/mol. The minimum atomic E-state index is -1.26. The second-order valence-electron chi connectivity index (χ2n) is 15.2. The number of hydrogen-bond acceptors (Lipinski definition) is 9. The van der Waals surface area contributed by atoms with E-state index in [9.17, 15) is 24.3 Å². The van der Waals surface area contributed by atoms with Crippen molar-refractivity contribution in [3.05, 3.63) is 47.6 Å². The normalized spacial score (nSPS) is 25.0. The lowest BCUT2D eigenvalue weighted by atomic mass is 9.74. The molecule has 16 heteroatoms. The topological polar surface area (TPSA) is 204 Å². The highest BCUT2D eigenvalue weighted by molar-refractivity contribution is 5.87. The van der Waals surface area contributed by atoms with Crippen molar-refractivity contribution in [2.75, 3.05) is 34.4 Å². The lowest BCUT2D eigenvalue weighted by Gasteiger charge is -2.32. The Labute approximate surface area is 321 Å². The van der Waals surface area contributed by atoms with Crippen molar-refractivity contribution < 1.29 is 38.5 Å². The van der Waals surface area contributed by atoms with Gasteiger partial charge in [0.25, 0.3) is 0 Å². The standard InChI is InChI=1S/C39H56N8O8/c1-22(53-3)32(44-38(50)51)36(48)46-18-6-8-30(46)34-40-20-28(42-34)26-14-10-24(11-15-26)25-12-16-27(17-13-25)29-21-41-35(43-29)31-9-7-19-47(31)37(49)33(23(2)54-4)45-39(52)55-5/h14,16,20-25,30-33,44H,6-13,15,17-19H2,1-5H3,(H,40,42)(H,41,43)(H,45,52)(H,50,51)/t22-,23?,24?,25?,30+,31+,32+,33+/m1/s1. The molecule has 2 aromatic rings. The first-order valence-electron chi connectivity index (χ1n) is 19.5. The molecule has 0 saturated carbocycles. The highest BCUT2D eigenvalue weighted by Gasteiger charge is 2.40. The van der Waals surface area contributed by atoms with Crippen molar-refractivity contribution in [2.45, 2.75) is 114 Å². The van der Waals surface area contributed by atoms with Gasteiger partial charge in [-0.15, -0.1) is 0 Å². The number of H-pyrrole nitrogens is 2. The average Bonchev–Trinajstić information content (AvgIpc) is 4.05. The first kappa shape index (κ1) is 40.0. The molecule has 2 fully saturated rings. The molecule has 0 radical (unpaired) electrons. The lowest BCUT2D eigenvalue weighted by molar-refractivity contribution is -0.138. The minimum absolute atomic E-state index is 0.212. The van der Waals surface area contributed by atoms with Crippen molar-refractivity contribution in [1.29, 1.82) is 0 Å². The number of alkyl carbamates (subject to hydrolysis) is 1. The summed E-state index contributed by atoms with van der Waals surface area (Å²) in [6.07, 6.45) is 14.7. The van der Waals surface area contributed by atoms with Crippen LogP contribution >= 0.6 is 0 Å². The molecule has 6 rings (SSSR count). The van der Waals surface area contributed by atoms with Gasteiger partial charge in [-0.25, -0.2) is 19.6 Å². The highest BCUT2D eigenvalue weighted by atomic mass is 16.5. The zero-order chi connectivity index (χ0) is 39.2. The van der Waals surface area contributed by atoms with E-state index < -0.39 is 36.5 Å². The molecule has 0 aromatic carbocycles. The number of methoxy groups -OCH3 is 3. The van der Waals surface area contributed by atoms with E-state index in [1.54, 1.807) is 23.6 Å². The molecule has 2 aromatic heterocycles. The van der Waals surface area contributed by atoms with E-state index in [-0.39, 0.29) is 23.9 Å². The van der Waals surface area contributed by atoms with Crippen molar-refractivity contribution in [2.24, 2.45) is 11.8 Å². The molecule has 8 atom stereocenters. The molecule has 4 aliphatic rings. The number of carboxylic acid groups (broad SMARTS) is 1. The Morgan fingerprint density at radius 1 is 0.745 bits per heavy atom. The van der Waals surface area contributed by atoms with Gasteiger partial charge in [-0.3, -0.25) is 9.59 Å². The van der Waals surface area contributed by atoms with Crippen LogP contribution in [-0.4, -0.2) is 118 Å². The number of allylic oxidation sites excluding steroid dienone is 4. The van der Waals surface area contributed by atoms with E-state index in [0.717, 1.165) is 87.2 Å². The van der Waals surface area contributed by atoms with Gasteiger partial charge in [0.1, 0.15) is 23.7 Å². The number of hydrogen-bond donors (Lipinski definition) is 5. The largest absolute Gasteiger partial charge is 0.465 e. The van der Waals surface area contributed by atoms with Gasteiger partial charge in [0.2, 0.25) is 11.8 Å². The zero-order valence-corrected chi connectivity index (χ0v) is 32.5. The number of rotatable bonds is 13. The van der Waals surface area contributed by atoms with Crippen molar-refractivity contribution in [3.8, 4) is 0 Å². The molecule has 300 valence electrons. The fourth-order valence-corrected chi connectivity index (χ4v) is 8.71. The minimum Gasteiger partial charge on any atom is -0.465 e. The van der Waals surface area contributed by atoms with E-state index in [4.69, 9.17) is 24.2 Å². The van der Waals surface area contributed by atoms with E-state index in [1.807, 2.05) is 12.4 Å². The fourth-order valence-electron chi connectivity index (χ4n) is 8.71. The first-order chi connectivity index (χ1) is 26.5. The molecule has 0 spiro atoms. The number of carbonyl (C=O) groups is 4. The van der Waals surface area contributed by atoms with Crippen LogP contribution in [-0.2, 0) is 23.8 Å². The molecule has 16 nitrogen and oxygen atoms in total. The van der Waals surface area contributed by atoms with E-state index in [2.05, 4.69) is 32.8 Å². The Hall–Kier alpha value is -4.70. The van der Waals surface area contributed by atoms with Crippen LogP contribution in [0.5, 0.6) is 0 Å². The van der Waals surface area contributed by atoms with Crippen LogP contribution in [0.2, 0.25) is 0 Å². The number of nitrogens with one attached hydrogen (secondary N) is 4. The van der Waals surface area contributed by atoms with Gasteiger partial charge in [0, 0.05) is 39.7 Å². The van der Waals surface area contributed by atoms with Crippen LogP contribution in [0, 0.1) is 11.8 Å². The van der Waals surface area contributed by atoms with Gasteiger partial charge in [-0.05, 0) is 101 Å². The number of aromatic amines is 2. The summed E-state index contributed by atoms with van der Waals surface area (Å²) < 4.78 is 15.5. The summed E-state index contributed by atoms with van der Waals surface area (Å²) in [6.45, 7) is 4.53. The van der Waals surface area contributed by atoms with E-state index in [1.165, 1.54) is 32.5 Å². The number of ether oxygens (including phenoxy) is 3. The molecule has 55 heavy (non-hydrogen) atoms. The van der Waals surface area contributed by atoms with Gasteiger partial charge in [0.05, 0.1) is 42.8 Å². The predicted octanol–water partition coefficient (Wildman–Crippen LogP) is 4.96. The second kappa shape index (κ2) is 17.8. The molecule has 2 aliphatic carbocycles. The average molecular weight is 765 g/mol. The second-order valence-corrected chi connectivity index (χ2v) is 15.2. The molecule has 3 unspecified atom stereocenters. The SMILES string of the molecule is COC(=O)N[C@H](C(=O)N1CCC[C@H]1c1nc(C2=CCC(C3CC=C(c4c[nH]c([C@@H]5CCCN5C(=O)[C@@H](NC(=O)O)[C@@H](C)OC)n4)CC3)CC2)c[nH]1)C(C)OC. The summed E-state index contributed by atoms with van der Waals surface area (Å²) in [6, 6.07) is -2.33. The Bertz CT molecular complexity index is 1750. The number of carbonyl (C=O) groups excluding carboxylic acids is 3. The van der Waals surface area contributed by atoms with Crippen LogP contribution in [0.25, 0.3) is 11.1 Å². The number of likely N-dealkylation sites (tertiary alicyclic amines) is 2. The van der Waals surface area contributed by atoms with Crippen LogP contribution in [0.3, 0.4) is 0 Å².